The van der Waals surface area contributed by atoms with Gasteiger partial charge >= 0.3 is 0 Å². The van der Waals surface area contributed by atoms with Crippen LogP contribution in [0.4, 0.5) is 0 Å². The van der Waals surface area contributed by atoms with E-state index in [9.17, 15) is 8.42 Å². The topological polar surface area (TPSA) is 37.4 Å². The lowest BCUT2D eigenvalue weighted by Crippen LogP contribution is -2.27. The van der Waals surface area contributed by atoms with E-state index in [4.69, 9.17) is 0 Å². The summed E-state index contributed by atoms with van der Waals surface area (Å²) in [5.41, 5.74) is 0. The molecule has 0 heterocycles. The van der Waals surface area contributed by atoms with Crippen LogP contribution in [-0.2, 0) is 10.9 Å². The van der Waals surface area contributed by atoms with Crippen LogP contribution < -0.4 is 0 Å². The maximum absolute atomic E-state index is 10.4. The van der Waals surface area contributed by atoms with Crippen LogP contribution in [0.25, 0.3) is 0 Å². The molecule has 1 fully saturated rings. The molecule has 1 aliphatic carbocycles. The van der Waals surface area contributed by atoms with E-state index in [-0.39, 0.29) is 0 Å². The summed E-state index contributed by atoms with van der Waals surface area (Å²) in [6.45, 7) is 0. The first-order chi connectivity index (χ1) is 4.72. The number of thiol groups is 1. The van der Waals surface area contributed by atoms with Crippen molar-refractivity contribution in [1.82, 2.24) is 4.31 Å². The van der Waals surface area contributed by atoms with Gasteiger partial charge in [0.25, 0.3) is 0 Å². The normalized spacial score (nSPS) is 21.1. The third-order valence-electron chi connectivity index (χ3n) is 2.11. The van der Waals surface area contributed by atoms with Gasteiger partial charge < -0.3 is 0 Å². The van der Waals surface area contributed by atoms with Crippen LogP contribution in [0, 0.1) is 0 Å². The van der Waals surface area contributed by atoms with Gasteiger partial charge in [0.05, 0.1) is 0 Å². The largest absolute Gasteiger partial charge is 0.215 e. The van der Waals surface area contributed by atoms with Gasteiger partial charge in [-0.2, -0.15) is 0 Å². The standard InChI is InChI=1S/C6H13NO2S/c1-7(10(8)9)6-4-2-3-5-6/h6,10H,2-5H2,1H3. The van der Waals surface area contributed by atoms with Crippen LogP contribution >= 0.6 is 0 Å². The van der Waals surface area contributed by atoms with Gasteiger partial charge in [-0.05, 0) is 12.8 Å². The van der Waals surface area contributed by atoms with Gasteiger partial charge in [0, 0.05) is 13.1 Å². The predicted molar refractivity (Wildman–Crippen MR) is 40.3 cm³/mol. The van der Waals surface area contributed by atoms with Crippen LogP contribution in [0.5, 0.6) is 0 Å². The maximum Gasteiger partial charge on any atom is 0.203 e. The van der Waals surface area contributed by atoms with Gasteiger partial charge in [0.2, 0.25) is 10.9 Å². The molecule has 0 atom stereocenters. The average molecular weight is 163 g/mol. The summed E-state index contributed by atoms with van der Waals surface area (Å²) in [4.78, 5) is 0. The highest BCUT2D eigenvalue weighted by Gasteiger charge is 2.20. The molecule has 3 nitrogen and oxygen atoms in total. The fraction of sp³-hybridized carbons (Fsp3) is 1.00. The van der Waals surface area contributed by atoms with Crippen molar-refractivity contribution in [3.63, 3.8) is 0 Å². The zero-order valence-electron chi connectivity index (χ0n) is 6.12. The molecule has 10 heavy (non-hydrogen) atoms. The van der Waals surface area contributed by atoms with Crippen LogP contribution in [-0.4, -0.2) is 25.8 Å². The third kappa shape index (κ3) is 1.70. The molecule has 0 N–H and O–H groups in total. The second-order valence-corrected chi connectivity index (χ2v) is 3.86. The fourth-order valence-electron chi connectivity index (χ4n) is 1.41. The van der Waals surface area contributed by atoms with E-state index in [1.165, 1.54) is 17.1 Å². The number of hydrogen-bond acceptors (Lipinski definition) is 2. The first-order valence-corrected chi connectivity index (χ1v) is 4.72. The molecule has 1 aliphatic rings. The van der Waals surface area contributed by atoms with Gasteiger partial charge in [-0.15, -0.1) is 0 Å². The molecule has 1 saturated carbocycles. The summed E-state index contributed by atoms with van der Waals surface area (Å²) >= 11 is 0. The van der Waals surface area contributed by atoms with E-state index in [1.54, 1.807) is 7.05 Å². The fourth-order valence-corrected chi connectivity index (χ4v) is 1.91. The van der Waals surface area contributed by atoms with Crippen molar-refractivity contribution in [2.24, 2.45) is 0 Å². The summed E-state index contributed by atoms with van der Waals surface area (Å²) in [5, 5.41) is 0. The molecule has 60 valence electrons. The molecule has 0 spiro atoms. The molecule has 0 bridgehead atoms. The Balaban J connectivity index is 2.47. The van der Waals surface area contributed by atoms with Crippen LogP contribution in [0.2, 0.25) is 0 Å². The highest BCUT2D eigenvalue weighted by molar-refractivity contribution is 7.69. The number of rotatable bonds is 2. The lowest BCUT2D eigenvalue weighted by molar-refractivity contribution is 0.384. The van der Waals surface area contributed by atoms with E-state index in [2.05, 4.69) is 0 Å². The quantitative estimate of drug-likeness (QED) is 0.598. The Kier molecular flexibility index (Phi) is 2.68. The molecule has 0 unspecified atom stereocenters. The zero-order valence-corrected chi connectivity index (χ0v) is 7.01. The average Bonchev–Trinajstić information content (AvgIpc) is 2.36. The molecule has 0 aromatic carbocycles. The molecular weight excluding hydrogens is 150 g/mol. The number of hydrogen-bond donors (Lipinski definition) is 1. The molecule has 0 aliphatic heterocycles. The number of nitrogens with zero attached hydrogens (tertiary/aromatic N) is 1. The molecule has 0 aromatic heterocycles. The van der Waals surface area contributed by atoms with E-state index in [1.807, 2.05) is 0 Å². The minimum absolute atomic E-state index is 0.293. The van der Waals surface area contributed by atoms with E-state index < -0.39 is 10.9 Å². The van der Waals surface area contributed by atoms with Gasteiger partial charge in [-0.25, -0.2) is 12.7 Å². The molecule has 0 saturated heterocycles. The minimum atomic E-state index is -2.34. The summed E-state index contributed by atoms with van der Waals surface area (Å²) in [7, 11) is -0.685. The lowest BCUT2D eigenvalue weighted by Gasteiger charge is -2.15. The Bertz CT molecular complexity index is 165. The second-order valence-electron chi connectivity index (χ2n) is 2.75. The molecular formula is C6H13NO2S. The Hall–Kier alpha value is -0.0900. The second kappa shape index (κ2) is 3.34. The van der Waals surface area contributed by atoms with E-state index in [0.717, 1.165) is 12.8 Å². The SMILES string of the molecule is CN(C1CCCC1)[SH](=O)=O. The van der Waals surface area contributed by atoms with Crippen molar-refractivity contribution >= 4 is 10.9 Å². The minimum Gasteiger partial charge on any atom is -0.215 e. The van der Waals surface area contributed by atoms with Crippen molar-refractivity contribution in [1.29, 1.82) is 0 Å². The first kappa shape index (κ1) is 8.01. The van der Waals surface area contributed by atoms with Crippen LogP contribution in [0.15, 0.2) is 0 Å². The van der Waals surface area contributed by atoms with Gasteiger partial charge in [-0.3, -0.25) is 0 Å². The summed E-state index contributed by atoms with van der Waals surface area (Å²) < 4.78 is 22.4. The first-order valence-electron chi connectivity index (χ1n) is 3.59. The highest BCUT2D eigenvalue weighted by Crippen LogP contribution is 2.21. The maximum atomic E-state index is 10.4. The highest BCUT2D eigenvalue weighted by atomic mass is 32.2. The predicted octanol–water partition coefficient (Wildman–Crippen LogP) is 0.387. The molecule has 0 radical (unpaired) electrons. The van der Waals surface area contributed by atoms with Crippen molar-refractivity contribution in [2.45, 2.75) is 31.7 Å². The molecule has 4 heteroatoms. The van der Waals surface area contributed by atoms with Crippen LogP contribution in [0.1, 0.15) is 25.7 Å². The van der Waals surface area contributed by atoms with Crippen LogP contribution in [0.3, 0.4) is 0 Å². The Morgan fingerprint density at radius 3 is 2.20 bits per heavy atom. The third-order valence-corrected chi connectivity index (χ3v) is 2.95. The summed E-state index contributed by atoms with van der Waals surface area (Å²) in [6, 6.07) is 0.293. The van der Waals surface area contributed by atoms with E-state index in [0.29, 0.717) is 6.04 Å². The zero-order chi connectivity index (χ0) is 7.56. The van der Waals surface area contributed by atoms with Crippen molar-refractivity contribution in [2.75, 3.05) is 7.05 Å². The van der Waals surface area contributed by atoms with E-state index >= 15 is 0 Å². The Morgan fingerprint density at radius 1 is 1.30 bits per heavy atom. The van der Waals surface area contributed by atoms with Crippen molar-refractivity contribution in [3.8, 4) is 0 Å². The molecule has 0 amide bonds. The Morgan fingerprint density at radius 2 is 1.80 bits per heavy atom. The van der Waals surface area contributed by atoms with Crippen molar-refractivity contribution in [3.05, 3.63) is 0 Å². The van der Waals surface area contributed by atoms with Crippen molar-refractivity contribution < 1.29 is 8.42 Å². The summed E-state index contributed by atoms with van der Waals surface area (Å²) in [6.07, 6.45) is 4.44. The lowest BCUT2D eigenvalue weighted by atomic mass is 10.3. The molecule has 0 aromatic rings. The monoisotopic (exact) mass is 163 g/mol. The Labute approximate surface area is 63.1 Å². The van der Waals surface area contributed by atoms with Gasteiger partial charge in [0.15, 0.2) is 0 Å². The smallest absolute Gasteiger partial charge is 0.203 e. The van der Waals surface area contributed by atoms with Gasteiger partial charge in [0.1, 0.15) is 0 Å². The molecule has 1 rings (SSSR count). The van der Waals surface area contributed by atoms with Gasteiger partial charge in [-0.1, -0.05) is 12.8 Å². The summed E-state index contributed by atoms with van der Waals surface area (Å²) in [5.74, 6) is 0.